The molecule has 1 fully saturated rings. The highest BCUT2D eigenvalue weighted by molar-refractivity contribution is 6.18. The van der Waals surface area contributed by atoms with Gasteiger partial charge >= 0.3 is 5.97 Å². The molecule has 1 aromatic carbocycles. The van der Waals surface area contributed by atoms with Crippen molar-refractivity contribution in [3.8, 4) is 0 Å². The van der Waals surface area contributed by atoms with E-state index in [1.54, 1.807) is 0 Å². The maximum absolute atomic E-state index is 12.1. The molecule has 1 N–H and O–H groups in total. The number of carbonyl (C=O) groups is 1. The molecule has 1 heterocycles. The second kappa shape index (κ2) is 4.82. The van der Waals surface area contributed by atoms with Gasteiger partial charge in [-0.25, -0.2) is 4.79 Å². The summed E-state index contributed by atoms with van der Waals surface area (Å²) in [5, 5.41) is 3.39. The molecule has 1 aromatic rings. The van der Waals surface area contributed by atoms with Crippen LogP contribution in [0.5, 0.6) is 0 Å². The van der Waals surface area contributed by atoms with Gasteiger partial charge in [0, 0.05) is 5.41 Å². The fourth-order valence-electron chi connectivity index (χ4n) is 3.25. The fourth-order valence-corrected chi connectivity index (χ4v) is 3.25. The van der Waals surface area contributed by atoms with Crippen molar-refractivity contribution in [1.29, 1.82) is 0 Å². The molecule has 1 aliphatic heterocycles. The van der Waals surface area contributed by atoms with Gasteiger partial charge in [0.1, 0.15) is 0 Å². The molecule has 3 rings (SSSR count). The van der Waals surface area contributed by atoms with E-state index in [0.717, 1.165) is 37.1 Å². The summed E-state index contributed by atoms with van der Waals surface area (Å²) < 4.78 is 5.19. The molecule has 3 nitrogen and oxygen atoms in total. The Morgan fingerprint density at radius 3 is 2.79 bits per heavy atom. The summed E-state index contributed by atoms with van der Waals surface area (Å²) in [7, 11) is 0. The second-order valence-corrected chi connectivity index (χ2v) is 5.23. The van der Waals surface area contributed by atoms with Crippen molar-refractivity contribution in [2.24, 2.45) is 0 Å². The average Bonchev–Trinajstić information content (AvgIpc) is 2.76. The van der Waals surface area contributed by atoms with Gasteiger partial charge in [-0.1, -0.05) is 30.3 Å². The number of esters is 1. The van der Waals surface area contributed by atoms with Crippen molar-refractivity contribution in [2.45, 2.75) is 25.2 Å². The molecule has 0 radical (unpaired) electrons. The second-order valence-electron chi connectivity index (χ2n) is 5.23. The van der Waals surface area contributed by atoms with Crippen LogP contribution in [0, 0.1) is 0 Å². The van der Waals surface area contributed by atoms with E-state index in [-0.39, 0.29) is 11.4 Å². The lowest BCUT2D eigenvalue weighted by molar-refractivity contribution is -0.136. The number of carbonyl (C=O) groups excluding carboxylic acids is 1. The van der Waals surface area contributed by atoms with Gasteiger partial charge in [0.2, 0.25) is 0 Å². The smallest absolute Gasteiger partial charge is 0.338 e. The molecular weight excluding hydrogens is 238 g/mol. The van der Waals surface area contributed by atoms with E-state index in [9.17, 15) is 4.79 Å². The SMILES string of the molecule is CCOC(=O)C1=CC2(CCNCC2)c2ccccc21. The zero-order valence-electron chi connectivity index (χ0n) is 11.2. The Kier molecular flexibility index (Phi) is 3.15. The molecule has 0 saturated carbocycles. The molecule has 100 valence electrons. The number of nitrogens with one attached hydrogen (secondary N) is 1. The average molecular weight is 257 g/mol. The van der Waals surface area contributed by atoms with Crippen LogP contribution in [-0.4, -0.2) is 25.7 Å². The number of hydrogen-bond donors (Lipinski definition) is 1. The fraction of sp³-hybridized carbons (Fsp3) is 0.438. The number of rotatable bonds is 2. The Morgan fingerprint density at radius 1 is 1.32 bits per heavy atom. The molecule has 2 aliphatic rings. The van der Waals surface area contributed by atoms with E-state index in [4.69, 9.17) is 4.74 Å². The molecule has 0 aromatic heterocycles. The molecule has 1 saturated heterocycles. The summed E-state index contributed by atoms with van der Waals surface area (Å²) in [5.74, 6) is -0.189. The van der Waals surface area contributed by atoms with E-state index in [2.05, 4.69) is 23.5 Å². The van der Waals surface area contributed by atoms with E-state index in [1.807, 2.05) is 19.1 Å². The Labute approximate surface area is 113 Å². The van der Waals surface area contributed by atoms with Crippen molar-refractivity contribution < 1.29 is 9.53 Å². The molecule has 1 aliphatic carbocycles. The highest BCUT2D eigenvalue weighted by Gasteiger charge is 2.40. The van der Waals surface area contributed by atoms with Crippen molar-refractivity contribution in [3.63, 3.8) is 0 Å². The third-order valence-corrected chi connectivity index (χ3v) is 4.17. The Balaban J connectivity index is 2.05. The third-order valence-electron chi connectivity index (χ3n) is 4.17. The molecule has 0 unspecified atom stereocenters. The lowest BCUT2D eigenvalue weighted by Gasteiger charge is -2.33. The van der Waals surface area contributed by atoms with Gasteiger partial charge < -0.3 is 10.1 Å². The van der Waals surface area contributed by atoms with Gasteiger partial charge in [-0.05, 0) is 44.0 Å². The highest BCUT2D eigenvalue weighted by atomic mass is 16.5. The molecule has 0 bridgehead atoms. The summed E-state index contributed by atoms with van der Waals surface area (Å²) in [6.07, 6.45) is 4.25. The van der Waals surface area contributed by atoms with Crippen LogP contribution >= 0.6 is 0 Å². The van der Waals surface area contributed by atoms with Crippen molar-refractivity contribution in [2.75, 3.05) is 19.7 Å². The summed E-state index contributed by atoms with van der Waals surface area (Å²) in [6.45, 7) is 4.27. The highest BCUT2D eigenvalue weighted by Crippen LogP contribution is 2.46. The molecule has 0 atom stereocenters. The largest absolute Gasteiger partial charge is 0.462 e. The first-order valence-electron chi connectivity index (χ1n) is 6.97. The maximum Gasteiger partial charge on any atom is 0.338 e. The van der Waals surface area contributed by atoms with E-state index in [1.165, 1.54) is 5.56 Å². The zero-order valence-corrected chi connectivity index (χ0v) is 11.2. The lowest BCUT2D eigenvalue weighted by Crippen LogP contribution is -2.37. The topological polar surface area (TPSA) is 38.3 Å². The van der Waals surface area contributed by atoms with Crippen LogP contribution in [0.1, 0.15) is 30.9 Å². The predicted octanol–water partition coefficient (Wildman–Crippen LogP) is 2.27. The summed E-state index contributed by atoms with van der Waals surface area (Å²) in [4.78, 5) is 12.1. The minimum atomic E-state index is -0.189. The summed E-state index contributed by atoms with van der Waals surface area (Å²) in [6, 6.07) is 8.24. The lowest BCUT2D eigenvalue weighted by atomic mass is 9.75. The standard InChI is InChI=1S/C16H19NO2/c1-2-19-15(18)13-11-16(7-9-17-10-8-16)14-6-4-3-5-12(13)14/h3-6,11,17H,2,7-10H2,1H3. The van der Waals surface area contributed by atoms with Gasteiger partial charge in [-0.3, -0.25) is 0 Å². The predicted molar refractivity (Wildman–Crippen MR) is 74.8 cm³/mol. The number of hydrogen-bond acceptors (Lipinski definition) is 3. The Morgan fingerprint density at radius 2 is 2.05 bits per heavy atom. The van der Waals surface area contributed by atoms with E-state index >= 15 is 0 Å². The van der Waals surface area contributed by atoms with Crippen LogP contribution in [0.2, 0.25) is 0 Å². The maximum atomic E-state index is 12.1. The van der Waals surface area contributed by atoms with Crippen molar-refractivity contribution in [1.82, 2.24) is 5.32 Å². The molecular formula is C16H19NO2. The minimum absolute atomic E-state index is 0.0317. The van der Waals surface area contributed by atoms with Crippen LogP contribution in [-0.2, 0) is 14.9 Å². The van der Waals surface area contributed by atoms with Crippen LogP contribution in [0.15, 0.2) is 30.3 Å². The number of benzene rings is 1. The first-order valence-corrected chi connectivity index (χ1v) is 6.97. The van der Waals surface area contributed by atoms with E-state index in [0.29, 0.717) is 6.61 Å². The van der Waals surface area contributed by atoms with Crippen molar-refractivity contribution >= 4 is 11.5 Å². The van der Waals surface area contributed by atoms with E-state index < -0.39 is 0 Å². The number of fused-ring (bicyclic) bond motifs is 2. The van der Waals surface area contributed by atoms with Crippen LogP contribution in [0.3, 0.4) is 0 Å². The first-order chi connectivity index (χ1) is 9.27. The monoisotopic (exact) mass is 257 g/mol. The van der Waals surface area contributed by atoms with Gasteiger partial charge in [0.25, 0.3) is 0 Å². The minimum Gasteiger partial charge on any atom is -0.462 e. The first kappa shape index (κ1) is 12.4. The summed E-state index contributed by atoms with van der Waals surface area (Å²) >= 11 is 0. The molecule has 1 spiro atoms. The zero-order chi connectivity index (χ0) is 13.3. The number of allylic oxidation sites excluding steroid dienone is 1. The normalized spacial score (nSPS) is 19.9. The number of piperidine rings is 1. The summed E-state index contributed by atoms with van der Waals surface area (Å²) in [5.41, 5.74) is 3.13. The quantitative estimate of drug-likeness (QED) is 0.826. The van der Waals surface area contributed by atoms with Crippen LogP contribution in [0.4, 0.5) is 0 Å². The van der Waals surface area contributed by atoms with Gasteiger partial charge in [-0.2, -0.15) is 0 Å². The van der Waals surface area contributed by atoms with Gasteiger partial charge in [0.05, 0.1) is 12.2 Å². The number of ether oxygens (including phenoxy) is 1. The molecule has 19 heavy (non-hydrogen) atoms. The molecule has 0 amide bonds. The van der Waals surface area contributed by atoms with Crippen LogP contribution in [0.25, 0.3) is 5.57 Å². The van der Waals surface area contributed by atoms with Crippen molar-refractivity contribution in [3.05, 3.63) is 41.5 Å². The Hall–Kier alpha value is -1.61. The molecule has 3 heteroatoms. The van der Waals surface area contributed by atoms with Gasteiger partial charge in [0.15, 0.2) is 0 Å². The van der Waals surface area contributed by atoms with Crippen LogP contribution < -0.4 is 5.32 Å². The Bertz CT molecular complexity index is 527. The third kappa shape index (κ3) is 1.98. The van der Waals surface area contributed by atoms with Gasteiger partial charge in [-0.15, -0.1) is 0 Å².